The maximum absolute atomic E-state index is 11.9. The number of nitrogens with zero attached hydrogens (tertiary/aromatic N) is 3. The molecule has 0 aliphatic heterocycles. The van der Waals surface area contributed by atoms with Gasteiger partial charge in [-0.2, -0.15) is 5.26 Å². The van der Waals surface area contributed by atoms with E-state index in [2.05, 4.69) is 10.3 Å². The number of methoxy groups -OCH3 is 1. The van der Waals surface area contributed by atoms with Gasteiger partial charge in [-0.3, -0.25) is 4.57 Å². The van der Waals surface area contributed by atoms with Crippen LogP contribution in [0.15, 0.2) is 36.9 Å². The van der Waals surface area contributed by atoms with E-state index in [0.29, 0.717) is 17.0 Å². The summed E-state index contributed by atoms with van der Waals surface area (Å²) in [5, 5.41) is 11.6. The topological polar surface area (TPSA) is 79.9 Å². The van der Waals surface area contributed by atoms with E-state index in [0.717, 1.165) is 0 Å². The number of aromatic nitrogens is 2. The first-order valence-corrected chi connectivity index (χ1v) is 5.12. The predicted octanol–water partition coefficient (Wildman–Crippen LogP) is 1.84. The van der Waals surface area contributed by atoms with E-state index in [1.165, 1.54) is 30.4 Å². The van der Waals surface area contributed by atoms with Crippen molar-refractivity contribution in [2.75, 3.05) is 12.4 Å². The van der Waals surface area contributed by atoms with Crippen molar-refractivity contribution in [3.05, 3.63) is 42.5 Å². The summed E-state index contributed by atoms with van der Waals surface area (Å²) >= 11 is 0. The van der Waals surface area contributed by atoms with Gasteiger partial charge in [-0.25, -0.2) is 9.78 Å². The van der Waals surface area contributed by atoms with Crippen LogP contribution in [0.25, 0.3) is 0 Å². The van der Waals surface area contributed by atoms with Crippen molar-refractivity contribution in [2.24, 2.45) is 0 Å². The van der Waals surface area contributed by atoms with Gasteiger partial charge in [-0.15, -0.1) is 0 Å². The van der Waals surface area contributed by atoms with E-state index in [1.54, 1.807) is 18.2 Å². The molecule has 0 unspecified atom stereocenters. The van der Waals surface area contributed by atoms with Gasteiger partial charge in [0.05, 0.1) is 12.7 Å². The first-order valence-electron chi connectivity index (χ1n) is 5.12. The molecule has 1 amide bonds. The fourth-order valence-corrected chi connectivity index (χ4v) is 1.47. The standard InChI is InChI=1S/C12H10N4O2/c1-18-10-4-2-3-9(7-13)11(10)15-12(17)16-6-5-14-8-16/h2-6,8H,1H3,(H,15,17). The minimum atomic E-state index is -0.409. The molecule has 90 valence electrons. The Labute approximate surface area is 103 Å². The SMILES string of the molecule is COc1cccc(C#N)c1NC(=O)n1ccnc1. The third kappa shape index (κ3) is 2.15. The van der Waals surface area contributed by atoms with E-state index in [-0.39, 0.29) is 0 Å². The normalized spacial score (nSPS) is 9.56. The van der Waals surface area contributed by atoms with Crippen molar-refractivity contribution in [3.8, 4) is 11.8 Å². The van der Waals surface area contributed by atoms with E-state index in [1.807, 2.05) is 6.07 Å². The number of carbonyl (C=O) groups excluding carboxylic acids is 1. The number of benzene rings is 1. The number of rotatable bonds is 2. The summed E-state index contributed by atoms with van der Waals surface area (Å²) in [7, 11) is 1.48. The molecule has 0 fully saturated rings. The number of hydrogen-bond donors (Lipinski definition) is 1. The second-order valence-corrected chi connectivity index (χ2v) is 3.39. The molecule has 0 spiro atoms. The fourth-order valence-electron chi connectivity index (χ4n) is 1.47. The summed E-state index contributed by atoms with van der Waals surface area (Å²) in [6.45, 7) is 0. The van der Waals surface area contributed by atoms with Crippen LogP contribution < -0.4 is 10.1 Å². The number of imidazole rings is 1. The van der Waals surface area contributed by atoms with E-state index in [9.17, 15) is 4.79 Å². The highest BCUT2D eigenvalue weighted by atomic mass is 16.5. The van der Waals surface area contributed by atoms with Crippen molar-refractivity contribution >= 4 is 11.7 Å². The third-order valence-electron chi connectivity index (χ3n) is 2.34. The average Bonchev–Trinajstić information content (AvgIpc) is 2.93. The Bertz CT molecular complexity index is 599. The lowest BCUT2D eigenvalue weighted by molar-refractivity contribution is 0.253. The zero-order valence-corrected chi connectivity index (χ0v) is 9.62. The summed E-state index contributed by atoms with van der Waals surface area (Å²) in [5.41, 5.74) is 0.684. The summed E-state index contributed by atoms with van der Waals surface area (Å²) in [5.74, 6) is 0.433. The van der Waals surface area contributed by atoms with Crippen LogP contribution in [0.5, 0.6) is 5.75 Å². The largest absolute Gasteiger partial charge is 0.495 e. The molecular formula is C12H10N4O2. The molecule has 2 aromatic rings. The molecule has 0 bridgehead atoms. The van der Waals surface area contributed by atoms with Crippen molar-refractivity contribution in [1.82, 2.24) is 9.55 Å². The predicted molar refractivity (Wildman–Crippen MR) is 64.4 cm³/mol. The third-order valence-corrected chi connectivity index (χ3v) is 2.34. The number of amides is 1. The van der Waals surface area contributed by atoms with Gasteiger partial charge in [0.15, 0.2) is 0 Å². The molecule has 6 nitrogen and oxygen atoms in total. The van der Waals surface area contributed by atoms with Gasteiger partial charge >= 0.3 is 6.03 Å². The van der Waals surface area contributed by atoms with Gasteiger partial charge in [0, 0.05) is 12.4 Å². The van der Waals surface area contributed by atoms with E-state index >= 15 is 0 Å². The molecule has 1 N–H and O–H groups in total. The highest BCUT2D eigenvalue weighted by molar-refractivity contribution is 5.94. The molecule has 0 saturated carbocycles. The van der Waals surface area contributed by atoms with Crippen LogP contribution in [0, 0.1) is 11.3 Å². The van der Waals surface area contributed by atoms with Gasteiger partial charge in [-0.05, 0) is 12.1 Å². The number of nitriles is 1. The van der Waals surface area contributed by atoms with Crippen molar-refractivity contribution in [1.29, 1.82) is 5.26 Å². The molecule has 0 saturated heterocycles. The quantitative estimate of drug-likeness (QED) is 0.871. The molecule has 6 heteroatoms. The maximum atomic E-state index is 11.9. The molecule has 0 radical (unpaired) electrons. The Morgan fingerprint density at radius 2 is 2.39 bits per heavy atom. The van der Waals surface area contributed by atoms with Crippen LogP contribution in [0.3, 0.4) is 0 Å². The number of nitrogens with one attached hydrogen (secondary N) is 1. The smallest absolute Gasteiger partial charge is 0.331 e. The Hall–Kier alpha value is -2.81. The number of hydrogen-bond acceptors (Lipinski definition) is 4. The minimum Gasteiger partial charge on any atom is -0.495 e. The summed E-state index contributed by atoms with van der Waals surface area (Å²) in [4.78, 5) is 15.6. The van der Waals surface area contributed by atoms with Gasteiger partial charge in [0.1, 0.15) is 23.8 Å². The lowest BCUT2D eigenvalue weighted by Gasteiger charge is -2.11. The summed E-state index contributed by atoms with van der Waals surface area (Å²) < 4.78 is 6.39. The lowest BCUT2D eigenvalue weighted by Crippen LogP contribution is -2.19. The van der Waals surface area contributed by atoms with Gasteiger partial charge < -0.3 is 10.1 Å². The van der Waals surface area contributed by atoms with E-state index < -0.39 is 6.03 Å². The summed E-state index contributed by atoms with van der Waals surface area (Å²) in [6, 6.07) is 6.55. The molecular weight excluding hydrogens is 232 g/mol. The number of anilines is 1. The maximum Gasteiger partial charge on any atom is 0.331 e. The van der Waals surface area contributed by atoms with Crippen LogP contribution in [0.1, 0.15) is 5.56 Å². The van der Waals surface area contributed by atoms with Crippen molar-refractivity contribution in [2.45, 2.75) is 0 Å². The Balaban J connectivity index is 2.34. The first-order chi connectivity index (χ1) is 8.76. The molecule has 18 heavy (non-hydrogen) atoms. The monoisotopic (exact) mass is 242 g/mol. The van der Waals surface area contributed by atoms with Crippen LogP contribution >= 0.6 is 0 Å². The molecule has 0 aliphatic rings. The Kier molecular flexibility index (Phi) is 3.25. The highest BCUT2D eigenvalue weighted by Gasteiger charge is 2.12. The highest BCUT2D eigenvalue weighted by Crippen LogP contribution is 2.27. The molecule has 2 rings (SSSR count). The lowest BCUT2D eigenvalue weighted by atomic mass is 10.2. The van der Waals surface area contributed by atoms with Crippen LogP contribution in [0.4, 0.5) is 10.5 Å². The Morgan fingerprint density at radius 3 is 3.00 bits per heavy atom. The van der Waals surface area contributed by atoms with Gasteiger partial charge in [0.25, 0.3) is 0 Å². The van der Waals surface area contributed by atoms with Gasteiger partial charge in [0.2, 0.25) is 0 Å². The first kappa shape index (κ1) is 11.7. The second-order valence-electron chi connectivity index (χ2n) is 3.39. The number of para-hydroxylation sites is 1. The number of ether oxygens (including phenoxy) is 1. The minimum absolute atomic E-state index is 0.336. The van der Waals surface area contributed by atoms with Crippen LogP contribution in [0.2, 0.25) is 0 Å². The zero-order valence-electron chi connectivity index (χ0n) is 9.62. The van der Waals surface area contributed by atoms with Crippen LogP contribution in [-0.4, -0.2) is 22.7 Å². The van der Waals surface area contributed by atoms with E-state index in [4.69, 9.17) is 10.00 Å². The number of carbonyl (C=O) groups is 1. The average molecular weight is 242 g/mol. The summed E-state index contributed by atoms with van der Waals surface area (Å²) in [6.07, 6.45) is 4.38. The van der Waals surface area contributed by atoms with Crippen molar-refractivity contribution in [3.63, 3.8) is 0 Å². The van der Waals surface area contributed by atoms with Gasteiger partial charge in [-0.1, -0.05) is 6.07 Å². The fraction of sp³-hybridized carbons (Fsp3) is 0.0833. The second kappa shape index (κ2) is 5.01. The van der Waals surface area contributed by atoms with Crippen molar-refractivity contribution < 1.29 is 9.53 Å². The zero-order chi connectivity index (χ0) is 13.0. The Morgan fingerprint density at radius 1 is 1.56 bits per heavy atom. The van der Waals surface area contributed by atoms with Crippen LogP contribution in [-0.2, 0) is 0 Å². The molecule has 1 aromatic heterocycles. The molecule has 1 heterocycles. The molecule has 1 aromatic carbocycles. The molecule has 0 atom stereocenters. The molecule has 0 aliphatic carbocycles.